The number of rotatable bonds is 4. The van der Waals surface area contributed by atoms with Gasteiger partial charge in [-0.3, -0.25) is 0 Å². The number of nitrogens with one attached hydrogen (secondary N) is 1. The van der Waals surface area contributed by atoms with Crippen LogP contribution in [-0.4, -0.2) is 25.2 Å². The van der Waals surface area contributed by atoms with Crippen molar-refractivity contribution >= 4 is 28.3 Å². The van der Waals surface area contributed by atoms with Crippen LogP contribution in [0, 0.1) is 15.3 Å². The molecular formula is C16H24FIN2. The van der Waals surface area contributed by atoms with Gasteiger partial charge in [0.1, 0.15) is 5.82 Å². The van der Waals surface area contributed by atoms with Gasteiger partial charge in [0.2, 0.25) is 0 Å². The van der Waals surface area contributed by atoms with Crippen LogP contribution in [-0.2, 0) is 0 Å². The van der Waals surface area contributed by atoms with Crippen LogP contribution in [0.3, 0.4) is 0 Å². The van der Waals surface area contributed by atoms with Gasteiger partial charge >= 0.3 is 0 Å². The Morgan fingerprint density at radius 2 is 2.20 bits per heavy atom. The SMILES string of the molecule is CCC(C)C1CN(c2ccc(F)cc2I)C(CC)CN1. The first-order valence-electron chi connectivity index (χ1n) is 7.51. The van der Waals surface area contributed by atoms with E-state index in [0.29, 0.717) is 18.0 Å². The molecule has 1 aliphatic heterocycles. The summed E-state index contributed by atoms with van der Waals surface area (Å²) in [5.74, 6) is 0.508. The number of anilines is 1. The smallest absolute Gasteiger partial charge is 0.124 e. The minimum absolute atomic E-state index is 0.153. The van der Waals surface area contributed by atoms with Crippen molar-refractivity contribution in [2.45, 2.75) is 45.7 Å². The topological polar surface area (TPSA) is 15.3 Å². The first-order chi connectivity index (χ1) is 9.56. The summed E-state index contributed by atoms with van der Waals surface area (Å²) in [4.78, 5) is 2.47. The van der Waals surface area contributed by atoms with E-state index in [0.717, 1.165) is 23.1 Å². The van der Waals surface area contributed by atoms with E-state index in [-0.39, 0.29) is 5.82 Å². The highest BCUT2D eigenvalue weighted by Crippen LogP contribution is 2.29. The quantitative estimate of drug-likeness (QED) is 0.781. The lowest BCUT2D eigenvalue weighted by Crippen LogP contribution is -2.58. The zero-order valence-electron chi connectivity index (χ0n) is 12.5. The maximum atomic E-state index is 13.3. The average Bonchev–Trinajstić information content (AvgIpc) is 2.46. The Labute approximate surface area is 135 Å². The van der Waals surface area contributed by atoms with Gasteiger partial charge < -0.3 is 10.2 Å². The lowest BCUT2D eigenvalue weighted by atomic mass is 9.94. The molecule has 1 N–H and O–H groups in total. The Morgan fingerprint density at radius 3 is 2.80 bits per heavy atom. The molecule has 1 saturated heterocycles. The molecule has 0 radical (unpaired) electrons. The first kappa shape index (κ1) is 16.0. The molecule has 0 saturated carbocycles. The fourth-order valence-electron chi connectivity index (χ4n) is 2.86. The van der Waals surface area contributed by atoms with Crippen LogP contribution >= 0.6 is 22.6 Å². The molecule has 112 valence electrons. The second-order valence-corrected chi connectivity index (χ2v) is 6.87. The van der Waals surface area contributed by atoms with E-state index in [4.69, 9.17) is 0 Å². The monoisotopic (exact) mass is 390 g/mol. The summed E-state index contributed by atoms with van der Waals surface area (Å²) in [6, 6.07) is 6.14. The highest BCUT2D eigenvalue weighted by molar-refractivity contribution is 14.1. The molecule has 1 aliphatic rings. The zero-order valence-corrected chi connectivity index (χ0v) is 14.7. The van der Waals surface area contributed by atoms with Gasteiger partial charge in [0.25, 0.3) is 0 Å². The summed E-state index contributed by atoms with van der Waals surface area (Å²) in [6.45, 7) is 8.79. The van der Waals surface area contributed by atoms with Gasteiger partial charge in [0.15, 0.2) is 0 Å². The fraction of sp³-hybridized carbons (Fsp3) is 0.625. The Hall–Kier alpha value is -0.360. The molecular weight excluding hydrogens is 366 g/mol. The molecule has 0 aromatic heterocycles. The molecule has 0 amide bonds. The van der Waals surface area contributed by atoms with E-state index in [1.165, 1.54) is 12.1 Å². The summed E-state index contributed by atoms with van der Waals surface area (Å²) < 4.78 is 14.3. The van der Waals surface area contributed by atoms with E-state index >= 15 is 0 Å². The van der Waals surface area contributed by atoms with Crippen molar-refractivity contribution in [2.75, 3.05) is 18.0 Å². The Balaban J connectivity index is 2.24. The molecule has 1 aromatic carbocycles. The van der Waals surface area contributed by atoms with Crippen molar-refractivity contribution in [3.63, 3.8) is 0 Å². The number of halogens is 2. The summed E-state index contributed by atoms with van der Waals surface area (Å²) in [6.07, 6.45) is 2.29. The molecule has 4 heteroatoms. The van der Waals surface area contributed by atoms with Gasteiger partial charge in [-0.1, -0.05) is 27.2 Å². The van der Waals surface area contributed by atoms with Crippen LogP contribution in [0.4, 0.5) is 10.1 Å². The van der Waals surface area contributed by atoms with E-state index in [1.54, 1.807) is 12.1 Å². The van der Waals surface area contributed by atoms with E-state index in [9.17, 15) is 4.39 Å². The fourth-order valence-corrected chi connectivity index (χ4v) is 3.65. The third kappa shape index (κ3) is 3.45. The Kier molecular flexibility index (Phi) is 5.66. The molecule has 2 rings (SSSR count). The first-order valence-corrected chi connectivity index (χ1v) is 8.59. The third-order valence-corrected chi connectivity index (χ3v) is 5.34. The van der Waals surface area contributed by atoms with Crippen molar-refractivity contribution in [3.8, 4) is 0 Å². The van der Waals surface area contributed by atoms with Crippen LogP contribution in [0.15, 0.2) is 18.2 Å². The van der Waals surface area contributed by atoms with E-state index < -0.39 is 0 Å². The number of hydrogen-bond acceptors (Lipinski definition) is 2. The summed E-state index contributed by atoms with van der Waals surface area (Å²) in [5.41, 5.74) is 1.17. The van der Waals surface area contributed by atoms with E-state index in [2.05, 4.69) is 53.6 Å². The predicted molar refractivity (Wildman–Crippen MR) is 91.8 cm³/mol. The highest BCUT2D eigenvalue weighted by Gasteiger charge is 2.30. The van der Waals surface area contributed by atoms with Gasteiger partial charge in [-0.2, -0.15) is 0 Å². The van der Waals surface area contributed by atoms with Crippen molar-refractivity contribution in [1.82, 2.24) is 5.32 Å². The largest absolute Gasteiger partial charge is 0.365 e. The van der Waals surface area contributed by atoms with Crippen LogP contribution in [0.2, 0.25) is 0 Å². The normalized spacial score (nSPS) is 24.8. The van der Waals surface area contributed by atoms with Crippen molar-refractivity contribution in [2.24, 2.45) is 5.92 Å². The zero-order chi connectivity index (χ0) is 14.7. The maximum Gasteiger partial charge on any atom is 0.124 e. The lowest BCUT2D eigenvalue weighted by molar-refractivity contribution is 0.306. The molecule has 1 fully saturated rings. The number of nitrogens with zero attached hydrogens (tertiary/aromatic N) is 1. The average molecular weight is 390 g/mol. The molecule has 1 aromatic rings. The maximum absolute atomic E-state index is 13.3. The van der Waals surface area contributed by atoms with Gasteiger partial charge in [0.05, 0.1) is 5.69 Å². The molecule has 3 unspecified atom stereocenters. The Morgan fingerprint density at radius 1 is 1.45 bits per heavy atom. The molecule has 1 heterocycles. The van der Waals surface area contributed by atoms with Gasteiger partial charge in [0, 0.05) is 28.7 Å². The van der Waals surface area contributed by atoms with Crippen molar-refractivity contribution in [3.05, 3.63) is 27.6 Å². The molecule has 0 spiro atoms. The highest BCUT2D eigenvalue weighted by atomic mass is 127. The minimum Gasteiger partial charge on any atom is -0.365 e. The summed E-state index contributed by atoms with van der Waals surface area (Å²) in [7, 11) is 0. The lowest BCUT2D eigenvalue weighted by Gasteiger charge is -2.44. The van der Waals surface area contributed by atoms with Gasteiger partial charge in [-0.05, 0) is 53.1 Å². The molecule has 2 nitrogen and oxygen atoms in total. The van der Waals surface area contributed by atoms with Crippen LogP contribution in [0.25, 0.3) is 0 Å². The van der Waals surface area contributed by atoms with Crippen LogP contribution in [0.1, 0.15) is 33.6 Å². The van der Waals surface area contributed by atoms with Crippen molar-refractivity contribution < 1.29 is 4.39 Å². The third-order valence-electron chi connectivity index (χ3n) is 4.47. The second kappa shape index (κ2) is 7.07. The van der Waals surface area contributed by atoms with E-state index in [1.807, 2.05) is 6.07 Å². The Bertz CT molecular complexity index is 452. The molecule has 0 bridgehead atoms. The number of piperazine rings is 1. The number of benzene rings is 1. The van der Waals surface area contributed by atoms with Crippen molar-refractivity contribution in [1.29, 1.82) is 0 Å². The second-order valence-electron chi connectivity index (χ2n) is 5.71. The summed E-state index contributed by atoms with van der Waals surface area (Å²) in [5, 5.41) is 3.68. The molecule has 20 heavy (non-hydrogen) atoms. The van der Waals surface area contributed by atoms with Gasteiger partial charge in [-0.15, -0.1) is 0 Å². The van der Waals surface area contributed by atoms with Crippen LogP contribution in [0.5, 0.6) is 0 Å². The van der Waals surface area contributed by atoms with Crippen LogP contribution < -0.4 is 10.2 Å². The van der Waals surface area contributed by atoms with Gasteiger partial charge in [-0.25, -0.2) is 4.39 Å². The molecule has 3 atom stereocenters. The molecule has 0 aliphatic carbocycles. The number of hydrogen-bond donors (Lipinski definition) is 1. The predicted octanol–water partition coefficient (Wildman–Crippen LogP) is 4.03. The minimum atomic E-state index is -0.153. The standard InChI is InChI=1S/C16H24FIN2/c1-4-11(3)15-10-20(13(5-2)9-19-15)16-7-6-12(17)8-14(16)18/h6-8,11,13,15,19H,4-5,9-10H2,1-3H3. The summed E-state index contributed by atoms with van der Waals surface area (Å²) >= 11 is 2.25.